The lowest BCUT2D eigenvalue weighted by Crippen LogP contribution is -2.27. The molecule has 3 rings (SSSR count). The number of rotatable bonds is 6. The lowest BCUT2D eigenvalue weighted by molar-refractivity contribution is -0.00243. The number of nitrogens with zero attached hydrogens (tertiary/aromatic N) is 5. The van der Waals surface area contributed by atoms with Gasteiger partial charge in [0.25, 0.3) is 0 Å². The van der Waals surface area contributed by atoms with Crippen molar-refractivity contribution in [3.8, 4) is 0 Å². The molecule has 9 nitrogen and oxygen atoms in total. The summed E-state index contributed by atoms with van der Waals surface area (Å²) in [6.45, 7) is 6.25. The van der Waals surface area contributed by atoms with Crippen molar-refractivity contribution in [1.82, 2.24) is 19.9 Å². The first-order valence-electron chi connectivity index (χ1n) is 9.27. The number of hydrogen-bond acceptors (Lipinski definition) is 9. The van der Waals surface area contributed by atoms with Crippen LogP contribution in [0.1, 0.15) is 43.2 Å². The van der Waals surface area contributed by atoms with Gasteiger partial charge in [0.15, 0.2) is 17.0 Å². The molecule has 0 saturated carbocycles. The summed E-state index contributed by atoms with van der Waals surface area (Å²) in [7, 11) is 1.92. The molecule has 0 atom stereocenters. The van der Waals surface area contributed by atoms with E-state index in [2.05, 4.69) is 19.9 Å². The van der Waals surface area contributed by atoms with E-state index in [4.69, 9.17) is 16.2 Å². The van der Waals surface area contributed by atoms with Crippen LogP contribution in [0.4, 0.5) is 17.5 Å². The van der Waals surface area contributed by atoms with Crippen molar-refractivity contribution in [1.29, 1.82) is 0 Å². The second kappa shape index (κ2) is 7.86. The van der Waals surface area contributed by atoms with Gasteiger partial charge in [-0.25, -0.2) is 14.8 Å². The van der Waals surface area contributed by atoms with Crippen molar-refractivity contribution in [3.63, 3.8) is 0 Å². The minimum absolute atomic E-state index is 0.0649. The zero-order chi connectivity index (χ0) is 21.2. The molecule has 0 aliphatic heterocycles. The zero-order valence-electron chi connectivity index (χ0n) is 17.0. The number of benzene rings is 1. The van der Waals surface area contributed by atoms with E-state index in [0.717, 1.165) is 12.1 Å². The number of carbonyl (C=O) groups excluding carboxylic acids is 1. The summed E-state index contributed by atoms with van der Waals surface area (Å²) in [5, 5.41) is 0. The molecule has 2 aromatic heterocycles. The monoisotopic (exact) mass is 395 g/mol. The topological polar surface area (TPSA) is 133 Å². The number of aromatic nitrogens is 4. The molecule has 0 unspecified atom stereocenters. The summed E-state index contributed by atoms with van der Waals surface area (Å²) in [5.41, 5.74) is 13.9. The van der Waals surface area contributed by atoms with Gasteiger partial charge in [-0.05, 0) is 44.5 Å². The van der Waals surface area contributed by atoms with Crippen molar-refractivity contribution < 1.29 is 9.53 Å². The Balaban J connectivity index is 1.73. The van der Waals surface area contributed by atoms with Crippen LogP contribution in [0.2, 0.25) is 0 Å². The first kappa shape index (κ1) is 20.2. The molecular weight excluding hydrogens is 370 g/mol. The number of hydrogen-bond donors (Lipinski definition) is 2. The third kappa shape index (κ3) is 4.68. The van der Waals surface area contributed by atoms with Gasteiger partial charge in [0, 0.05) is 12.7 Å². The summed E-state index contributed by atoms with van der Waals surface area (Å²) in [4.78, 5) is 31.0. The van der Waals surface area contributed by atoms with Crippen LogP contribution in [-0.4, -0.2) is 38.6 Å². The molecular formula is C20H25N7O2. The van der Waals surface area contributed by atoms with Gasteiger partial charge in [-0.1, -0.05) is 6.92 Å². The molecule has 0 spiro atoms. The quantitative estimate of drug-likeness (QED) is 0.604. The molecule has 1 aromatic carbocycles. The molecule has 4 N–H and O–H groups in total. The van der Waals surface area contributed by atoms with Crippen LogP contribution in [0.5, 0.6) is 0 Å². The van der Waals surface area contributed by atoms with E-state index in [1.165, 1.54) is 0 Å². The first-order valence-corrected chi connectivity index (χ1v) is 9.27. The van der Waals surface area contributed by atoms with Gasteiger partial charge in [0.1, 0.15) is 5.60 Å². The Morgan fingerprint density at radius 1 is 1.14 bits per heavy atom. The van der Waals surface area contributed by atoms with Gasteiger partial charge in [0.2, 0.25) is 5.95 Å². The lowest BCUT2D eigenvalue weighted by atomic mass is 10.1. The fourth-order valence-corrected chi connectivity index (χ4v) is 2.63. The Bertz CT molecular complexity index is 1030. The van der Waals surface area contributed by atoms with Crippen molar-refractivity contribution in [2.45, 2.75) is 39.3 Å². The van der Waals surface area contributed by atoms with Crippen LogP contribution in [0, 0.1) is 0 Å². The molecule has 9 heteroatoms. The number of nitrogens with two attached hydrogens (primary N) is 2. The summed E-state index contributed by atoms with van der Waals surface area (Å²) >= 11 is 0. The fraction of sp³-hybridized carbons (Fsp3) is 0.350. The first-order chi connectivity index (χ1) is 13.7. The van der Waals surface area contributed by atoms with E-state index >= 15 is 0 Å². The molecule has 152 valence electrons. The van der Waals surface area contributed by atoms with E-state index in [1.807, 2.05) is 44.9 Å². The van der Waals surface area contributed by atoms with Gasteiger partial charge < -0.3 is 21.1 Å². The summed E-state index contributed by atoms with van der Waals surface area (Å²) < 4.78 is 5.53. The Kier molecular flexibility index (Phi) is 5.49. The van der Waals surface area contributed by atoms with Crippen molar-refractivity contribution in [2.24, 2.45) is 0 Å². The predicted octanol–water partition coefficient (Wildman–Crippen LogP) is 2.57. The zero-order valence-corrected chi connectivity index (χ0v) is 17.0. The molecule has 0 fully saturated rings. The van der Waals surface area contributed by atoms with Gasteiger partial charge in [-0.3, -0.25) is 0 Å². The number of fused-ring (bicyclic) bond motifs is 1. The summed E-state index contributed by atoms with van der Waals surface area (Å²) in [6.07, 6.45) is 2.37. The average Bonchev–Trinajstić information content (AvgIpc) is 2.68. The fourth-order valence-electron chi connectivity index (χ4n) is 2.63. The van der Waals surface area contributed by atoms with Crippen LogP contribution in [0.3, 0.4) is 0 Å². The minimum Gasteiger partial charge on any atom is -0.456 e. The molecule has 0 radical (unpaired) electrons. The standard InChI is InChI=1S/C20H25N7O2/c1-5-20(2,3)29-18(28)12-6-8-14(9-7-12)27(4)11-13-10-23-17-15(24-13)16(21)25-19(22)26-17/h6-10H,5,11H2,1-4H3,(H4,21,22,23,25,26). The number of esters is 1. The molecule has 0 bridgehead atoms. The summed E-state index contributed by atoms with van der Waals surface area (Å²) in [6, 6.07) is 7.23. The lowest BCUT2D eigenvalue weighted by Gasteiger charge is -2.23. The molecule has 2 heterocycles. The van der Waals surface area contributed by atoms with Gasteiger partial charge in [-0.15, -0.1) is 0 Å². The SMILES string of the molecule is CCC(C)(C)OC(=O)c1ccc(N(C)Cc2cnc3nc(N)nc(N)c3n2)cc1. The number of ether oxygens (including phenoxy) is 1. The maximum Gasteiger partial charge on any atom is 0.338 e. The number of nitrogen functional groups attached to an aromatic ring is 2. The van der Waals surface area contributed by atoms with Crippen LogP contribution < -0.4 is 16.4 Å². The second-order valence-corrected chi connectivity index (χ2v) is 7.41. The smallest absolute Gasteiger partial charge is 0.338 e. The second-order valence-electron chi connectivity index (χ2n) is 7.41. The Morgan fingerprint density at radius 3 is 2.48 bits per heavy atom. The highest BCUT2D eigenvalue weighted by atomic mass is 16.6. The number of anilines is 3. The van der Waals surface area contributed by atoms with Crippen LogP contribution in [-0.2, 0) is 11.3 Å². The van der Waals surface area contributed by atoms with E-state index in [-0.39, 0.29) is 17.7 Å². The Morgan fingerprint density at radius 2 is 1.83 bits per heavy atom. The highest BCUT2D eigenvalue weighted by molar-refractivity contribution is 5.90. The Hall–Kier alpha value is -3.49. The van der Waals surface area contributed by atoms with Crippen LogP contribution >= 0.6 is 0 Å². The highest BCUT2D eigenvalue weighted by Gasteiger charge is 2.21. The predicted molar refractivity (Wildman–Crippen MR) is 112 cm³/mol. The maximum absolute atomic E-state index is 12.3. The van der Waals surface area contributed by atoms with Crippen molar-refractivity contribution in [2.75, 3.05) is 23.4 Å². The number of carbonyl (C=O) groups is 1. The molecule has 0 saturated heterocycles. The van der Waals surface area contributed by atoms with Gasteiger partial charge >= 0.3 is 5.97 Å². The highest BCUT2D eigenvalue weighted by Crippen LogP contribution is 2.21. The molecule has 0 amide bonds. The van der Waals surface area contributed by atoms with Crippen LogP contribution in [0.15, 0.2) is 30.5 Å². The van der Waals surface area contributed by atoms with E-state index in [9.17, 15) is 4.79 Å². The van der Waals surface area contributed by atoms with E-state index in [0.29, 0.717) is 29.0 Å². The van der Waals surface area contributed by atoms with Crippen molar-refractivity contribution in [3.05, 3.63) is 41.7 Å². The van der Waals surface area contributed by atoms with E-state index < -0.39 is 5.60 Å². The Labute approximate surface area is 169 Å². The van der Waals surface area contributed by atoms with Crippen LogP contribution in [0.25, 0.3) is 11.2 Å². The van der Waals surface area contributed by atoms with Gasteiger partial charge in [0.05, 0.1) is 24.0 Å². The minimum atomic E-state index is -0.489. The van der Waals surface area contributed by atoms with Crippen molar-refractivity contribution >= 4 is 34.6 Å². The third-order valence-electron chi connectivity index (χ3n) is 4.66. The third-order valence-corrected chi connectivity index (χ3v) is 4.66. The molecule has 0 aliphatic rings. The average molecular weight is 395 g/mol. The summed E-state index contributed by atoms with van der Waals surface area (Å²) in [5.74, 6) is -0.0707. The van der Waals surface area contributed by atoms with E-state index in [1.54, 1.807) is 18.3 Å². The normalized spacial score (nSPS) is 11.4. The largest absolute Gasteiger partial charge is 0.456 e. The molecule has 3 aromatic rings. The maximum atomic E-state index is 12.3. The molecule has 0 aliphatic carbocycles. The molecule has 29 heavy (non-hydrogen) atoms. The van der Waals surface area contributed by atoms with Gasteiger partial charge in [-0.2, -0.15) is 9.97 Å².